The van der Waals surface area contributed by atoms with Crippen molar-refractivity contribution in [2.24, 2.45) is 10.8 Å². The molecule has 0 aromatic carbocycles. The lowest BCUT2D eigenvalue weighted by Crippen LogP contribution is -2.33. The van der Waals surface area contributed by atoms with E-state index in [2.05, 4.69) is 67.5 Å². The van der Waals surface area contributed by atoms with Crippen LogP contribution in [0.3, 0.4) is 0 Å². The van der Waals surface area contributed by atoms with Crippen LogP contribution in [0.15, 0.2) is 47.0 Å². The minimum absolute atomic E-state index is 0.0795. The molecular formula is C22H34O2S. The maximum Gasteiger partial charge on any atom is 0.115 e. The van der Waals surface area contributed by atoms with E-state index < -0.39 is 0 Å². The normalized spacial score (nSPS) is 31.0. The highest BCUT2D eigenvalue weighted by molar-refractivity contribution is 8.02. The molecule has 0 amide bonds. The predicted molar refractivity (Wildman–Crippen MR) is 110 cm³/mol. The van der Waals surface area contributed by atoms with E-state index >= 15 is 0 Å². The van der Waals surface area contributed by atoms with Crippen LogP contribution in [0.4, 0.5) is 0 Å². The average molecular weight is 363 g/mol. The standard InChI is InChI=1S/C22H34O2S/c1-19(2,3)15-13-21(7,11-9-17(15)23)25-22(8)12-10-18(24)16(14-22)20(4,5)6/h9-10,13-14,23-24H,11-12H2,1-8H3. The Morgan fingerprint density at radius 2 is 1.08 bits per heavy atom. The van der Waals surface area contributed by atoms with Crippen molar-refractivity contribution in [2.75, 3.05) is 0 Å². The summed E-state index contributed by atoms with van der Waals surface area (Å²) in [5, 5.41) is 20.6. The molecule has 0 radical (unpaired) electrons. The fraction of sp³-hybridized carbons (Fsp3) is 0.636. The number of allylic oxidation sites excluding steroid dienone is 4. The van der Waals surface area contributed by atoms with Crippen molar-refractivity contribution in [2.45, 2.75) is 77.7 Å². The first-order valence-electron chi connectivity index (χ1n) is 9.11. The lowest BCUT2D eigenvalue weighted by atomic mass is 9.79. The van der Waals surface area contributed by atoms with Crippen LogP contribution < -0.4 is 0 Å². The second-order valence-corrected chi connectivity index (χ2v) is 12.0. The largest absolute Gasteiger partial charge is 0.508 e. The number of rotatable bonds is 2. The quantitative estimate of drug-likeness (QED) is 0.563. The van der Waals surface area contributed by atoms with E-state index in [-0.39, 0.29) is 20.3 Å². The van der Waals surface area contributed by atoms with Crippen molar-refractivity contribution in [3.05, 3.63) is 47.0 Å². The average Bonchev–Trinajstić information content (AvgIpc) is 2.42. The van der Waals surface area contributed by atoms with Crippen LogP contribution in [-0.2, 0) is 0 Å². The molecule has 0 fully saturated rings. The maximum absolute atomic E-state index is 10.3. The summed E-state index contributed by atoms with van der Waals surface area (Å²) in [5.41, 5.74) is 1.88. The highest BCUT2D eigenvalue weighted by Gasteiger charge is 2.39. The Morgan fingerprint density at radius 1 is 0.760 bits per heavy atom. The number of hydrogen-bond donors (Lipinski definition) is 2. The van der Waals surface area contributed by atoms with Gasteiger partial charge in [0.15, 0.2) is 0 Å². The molecule has 25 heavy (non-hydrogen) atoms. The third-order valence-electron chi connectivity index (χ3n) is 4.94. The van der Waals surface area contributed by atoms with Gasteiger partial charge in [0.1, 0.15) is 11.5 Å². The van der Waals surface area contributed by atoms with Crippen LogP contribution >= 0.6 is 11.8 Å². The van der Waals surface area contributed by atoms with Crippen molar-refractivity contribution < 1.29 is 10.2 Å². The molecule has 2 aliphatic rings. The summed E-state index contributed by atoms with van der Waals surface area (Å²) >= 11 is 1.93. The molecule has 3 heteroatoms. The molecule has 0 heterocycles. The zero-order valence-corrected chi connectivity index (χ0v) is 17.8. The lowest BCUT2D eigenvalue weighted by Gasteiger charge is -2.41. The van der Waals surface area contributed by atoms with E-state index in [0.29, 0.717) is 11.5 Å². The van der Waals surface area contributed by atoms with E-state index in [1.807, 2.05) is 23.9 Å². The molecule has 0 saturated carbocycles. The van der Waals surface area contributed by atoms with Gasteiger partial charge in [0.05, 0.1) is 0 Å². The smallest absolute Gasteiger partial charge is 0.115 e. The van der Waals surface area contributed by atoms with Crippen LogP contribution in [-0.4, -0.2) is 19.7 Å². The summed E-state index contributed by atoms with van der Waals surface area (Å²) in [6, 6.07) is 0. The minimum Gasteiger partial charge on any atom is -0.508 e. The Kier molecular flexibility index (Phi) is 5.07. The SMILES string of the molecule is CC1(SC2(C)C=C(C(C)(C)C)C(O)=CC2)C=C(C(C)(C)C)C(O)=CC1. The van der Waals surface area contributed by atoms with E-state index in [4.69, 9.17) is 0 Å². The first kappa shape index (κ1) is 20.2. The zero-order valence-electron chi connectivity index (χ0n) is 17.0. The fourth-order valence-corrected chi connectivity index (χ4v) is 5.32. The number of hydrogen-bond acceptors (Lipinski definition) is 3. The highest BCUT2D eigenvalue weighted by atomic mass is 32.2. The van der Waals surface area contributed by atoms with Gasteiger partial charge in [-0.1, -0.05) is 53.7 Å². The molecule has 0 spiro atoms. The van der Waals surface area contributed by atoms with Crippen LogP contribution in [0.25, 0.3) is 0 Å². The monoisotopic (exact) mass is 362 g/mol. The van der Waals surface area contributed by atoms with Crippen molar-refractivity contribution in [3.8, 4) is 0 Å². The Morgan fingerprint density at radius 3 is 1.36 bits per heavy atom. The molecular weight excluding hydrogens is 328 g/mol. The van der Waals surface area contributed by atoms with Gasteiger partial charge in [-0.05, 0) is 60.8 Å². The molecule has 0 saturated heterocycles. The maximum atomic E-state index is 10.3. The predicted octanol–water partition coefficient (Wildman–Crippen LogP) is 6.87. The first-order valence-corrected chi connectivity index (χ1v) is 9.93. The van der Waals surface area contributed by atoms with E-state index in [0.717, 1.165) is 24.0 Å². The molecule has 2 unspecified atom stereocenters. The number of thioether (sulfide) groups is 1. The molecule has 0 aromatic rings. The zero-order chi connectivity index (χ0) is 19.3. The van der Waals surface area contributed by atoms with Gasteiger partial charge in [-0.3, -0.25) is 0 Å². The number of aliphatic hydroxyl groups excluding tert-OH is 2. The molecule has 2 atom stereocenters. The van der Waals surface area contributed by atoms with Gasteiger partial charge in [-0.2, -0.15) is 0 Å². The Bertz CT molecular complexity index is 609. The van der Waals surface area contributed by atoms with Gasteiger partial charge < -0.3 is 10.2 Å². The van der Waals surface area contributed by atoms with E-state index in [1.165, 1.54) is 0 Å². The fourth-order valence-electron chi connectivity index (χ4n) is 3.57. The molecule has 140 valence electrons. The second-order valence-electron chi connectivity index (χ2n) is 9.93. The van der Waals surface area contributed by atoms with E-state index in [1.54, 1.807) is 0 Å². The third-order valence-corrected chi connectivity index (χ3v) is 6.44. The summed E-state index contributed by atoms with van der Waals surface area (Å²) in [6.07, 6.45) is 10.0. The summed E-state index contributed by atoms with van der Waals surface area (Å²) < 4.78 is -0.159. The van der Waals surface area contributed by atoms with Crippen molar-refractivity contribution in [3.63, 3.8) is 0 Å². The second kappa shape index (κ2) is 6.26. The Labute approximate surface area is 157 Å². The van der Waals surface area contributed by atoms with Crippen LogP contribution in [0.5, 0.6) is 0 Å². The van der Waals surface area contributed by atoms with Crippen LogP contribution in [0, 0.1) is 10.8 Å². The van der Waals surface area contributed by atoms with Gasteiger partial charge in [0, 0.05) is 9.49 Å². The minimum atomic E-state index is -0.0825. The first-order chi connectivity index (χ1) is 11.2. The van der Waals surface area contributed by atoms with Crippen molar-refractivity contribution in [1.82, 2.24) is 0 Å². The van der Waals surface area contributed by atoms with Gasteiger partial charge in [0.2, 0.25) is 0 Å². The molecule has 0 aliphatic heterocycles. The van der Waals surface area contributed by atoms with Crippen molar-refractivity contribution in [1.29, 1.82) is 0 Å². The molecule has 2 rings (SSSR count). The van der Waals surface area contributed by atoms with Crippen LogP contribution in [0.1, 0.15) is 68.2 Å². The third kappa shape index (κ3) is 4.55. The van der Waals surface area contributed by atoms with Crippen LogP contribution in [0.2, 0.25) is 0 Å². The van der Waals surface area contributed by atoms with Gasteiger partial charge in [-0.25, -0.2) is 0 Å². The van der Waals surface area contributed by atoms with Gasteiger partial charge in [-0.15, -0.1) is 11.8 Å². The summed E-state index contributed by atoms with van der Waals surface area (Å²) in [7, 11) is 0. The summed E-state index contributed by atoms with van der Waals surface area (Å²) in [4.78, 5) is 0. The van der Waals surface area contributed by atoms with Crippen molar-refractivity contribution >= 4 is 11.8 Å². The van der Waals surface area contributed by atoms with E-state index in [9.17, 15) is 10.2 Å². The van der Waals surface area contributed by atoms with Gasteiger partial charge >= 0.3 is 0 Å². The molecule has 2 N–H and O–H groups in total. The van der Waals surface area contributed by atoms with Gasteiger partial charge in [0.25, 0.3) is 0 Å². The molecule has 0 bridgehead atoms. The topological polar surface area (TPSA) is 40.5 Å². The summed E-state index contributed by atoms with van der Waals surface area (Å²) in [5.74, 6) is 0.839. The number of aliphatic hydroxyl groups is 2. The highest BCUT2D eigenvalue weighted by Crippen LogP contribution is 2.51. The Balaban J connectivity index is 2.35. The molecule has 2 nitrogen and oxygen atoms in total. The molecule has 2 aliphatic carbocycles. The molecule has 0 aromatic heterocycles. The summed E-state index contributed by atoms with van der Waals surface area (Å²) in [6.45, 7) is 17.3. The Hall–Kier alpha value is -1.09. The lowest BCUT2D eigenvalue weighted by molar-refractivity contribution is 0.367.